The van der Waals surface area contributed by atoms with Crippen molar-refractivity contribution in [2.45, 2.75) is 25.2 Å². The lowest BCUT2D eigenvalue weighted by Crippen LogP contribution is -2.39. The maximum Gasteiger partial charge on any atom is 0.230 e. The molecular weight excluding hydrogens is 368 g/mol. The first kappa shape index (κ1) is 17.7. The Hall–Kier alpha value is -2.74. The van der Waals surface area contributed by atoms with E-state index in [1.807, 2.05) is 17.0 Å². The van der Waals surface area contributed by atoms with Crippen LogP contribution in [0.5, 0.6) is 0 Å². The predicted molar refractivity (Wildman–Crippen MR) is 98.0 cm³/mol. The minimum Gasteiger partial charge on any atom is -0.342 e. The molecule has 1 aliphatic rings. The number of carbonyl (C=O) groups is 1. The van der Waals surface area contributed by atoms with Crippen LogP contribution in [0.2, 0.25) is 5.02 Å². The van der Waals surface area contributed by atoms with Gasteiger partial charge in [-0.2, -0.15) is 10.1 Å². The zero-order chi connectivity index (χ0) is 18.8. The van der Waals surface area contributed by atoms with Crippen LogP contribution in [-0.4, -0.2) is 48.8 Å². The van der Waals surface area contributed by atoms with E-state index in [0.717, 1.165) is 18.4 Å². The predicted octanol–water partition coefficient (Wildman–Crippen LogP) is 2.47. The Bertz CT molecular complexity index is 927. The number of piperidine rings is 1. The van der Waals surface area contributed by atoms with Crippen molar-refractivity contribution in [3.63, 3.8) is 0 Å². The van der Waals surface area contributed by atoms with Gasteiger partial charge in [0.25, 0.3) is 0 Å². The fraction of sp³-hybridized carbons (Fsp3) is 0.389. The Morgan fingerprint density at radius 3 is 2.67 bits per heavy atom. The number of halogens is 1. The molecule has 2 aromatic heterocycles. The summed E-state index contributed by atoms with van der Waals surface area (Å²) in [5.74, 6) is 2.09. The maximum absolute atomic E-state index is 12.5. The molecule has 8 nitrogen and oxygen atoms in total. The summed E-state index contributed by atoms with van der Waals surface area (Å²) in [6.45, 7) is 1.33. The van der Waals surface area contributed by atoms with E-state index in [-0.39, 0.29) is 18.2 Å². The van der Waals surface area contributed by atoms with Crippen molar-refractivity contribution in [3.05, 3.63) is 47.3 Å². The van der Waals surface area contributed by atoms with Crippen LogP contribution in [0, 0.1) is 0 Å². The van der Waals surface area contributed by atoms with Crippen molar-refractivity contribution in [2.24, 2.45) is 7.05 Å². The fourth-order valence-electron chi connectivity index (χ4n) is 3.22. The number of rotatable bonds is 4. The normalized spacial score (nSPS) is 15.3. The van der Waals surface area contributed by atoms with Gasteiger partial charge in [0.15, 0.2) is 0 Å². The number of hydrogen-bond donors (Lipinski definition) is 0. The topological polar surface area (TPSA) is 89.9 Å². The van der Waals surface area contributed by atoms with Crippen LogP contribution < -0.4 is 0 Å². The second-order valence-corrected chi connectivity index (χ2v) is 7.03. The largest absolute Gasteiger partial charge is 0.342 e. The summed E-state index contributed by atoms with van der Waals surface area (Å²) < 4.78 is 7.09. The third-order valence-electron chi connectivity index (χ3n) is 4.86. The van der Waals surface area contributed by atoms with E-state index in [0.29, 0.717) is 35.7 Å². The van der Waals surface area contributed by atoms with Crippen molar-refractivity contribution in [2.75, 3.05) is 13.1 Å². The van der Waals surface area contributed by atoms with Gasteiger partial charge >= 0.3 is 0 Å². The first-order valence-electron chi connectivity index (χ1n) is 8.80. The zero-order valence-electron chi connectivity index (χ0n) is 14.9. The number of likely N-dealkylation sites (tertiary alicyclic amines) is 1. The summed E-state index contributed by atoms with van der Waals surface area (Å²) in [5, 5.41) is 8.74. The Morgan fingerprint density at radius 1 is 1.26 bits per heavy atom. The highest BCUT2D eigenvalue weighted by Crippen LogP contribution is 2.29. The second kappa shape index (κ2) is 7.48. The molecule has 0 bridgehead atoms. The summed E-state index contributed by atoms with van der Waals surface area (Å²) in [4.78, 5) is 23.0. The van der Waals surface area contributed by atoms with Gasteiger partial charge in [0.2, 0.25) is 17.6 Å². The molecule has 0 saturated carbocycles. The number of aromatic nitrogens is 5. The lowest BCUT2D eigenvalue weighted by Gasteiger charge is -2.30. The number of amides is 1. The lowest BCUT2D eigenvalue weighted by atomic mass is 9.96. The monoisotopic (exact) mass is 386 g/mol. The van der Waals surface area contributed by atoms with E-state index in [1.54, 1.807) is 23.9 Å². The minimum atomic E-state index is 0.0666. The van der Waals surface area contributed by atoms with Gasteiger partial charge in [0.05, 0.1) is 6.42 Å². The highest BCUT2D eigenvalue weighted by molar-refractivity contribution is 6.30. The summed E-state index contributed by atoms with van der Waals surface area (Å²) in [6.07, 6.45) is 3.32. The first-order valence-corrected chi connectivity index (χ1v) is 9.18. The van der Waals surface area contributed by atoms with Gasteiger partial charge in [-0.15, -0.1) is 0 Å². The number of benzene rings is 1. The third-order valence-corrected chi connectivity index (χ3v) is 5.11. The molecule has 3 heterocycles. The Balaban J connectivity index is 1.36. The summed E-state index contributed by atoms with van der Waals surface area (Å²) in [5.41, 5.74) is 0.866. The number of hydrogen-bond acceptors (Lipinski definition) is 6. The van der Waals surface area contributed by atoms with Crippen LogP contribution in [0.1, 0.15) is 30.5 Å². The van der Waals surface area contributed by atoms with Gasteiger partial charge in [0.1, 0.15) is 12.2 Å². The average Bonchev–Trinajstić information content (AvgIpc) is 3.32. The minimum absolute atomic E-state index is 0.0666. The van der Waals surface area contributed by atoms with Crippen LogP contribution in [0.25, 0.3) is 11.4 Å². The molecular formula is C18H19ClN6O2. The quantitative estimate of drug-likeness (QED) is 0.684. The fourth-order valence-corrected chi connectivity index (χ4v) is 3.35. The molecule has 1 fully saturated rings. The maximum atomic E-state index is 12.5. The molecule has 0 spiro atoms. The second-order valence-electron chi connectivity index (χ2n) is 6.59. The number of carbonyl (C=O) groups excluding carboxylic acids is 1. The molecule has 27 heavy (non-hydrogen) atoms. The van der Waals surface area contributed by atoms with Crippen LogP contribution in [0.15, 0.2) is 35.1 Å². The van der Waals surface area contributed by atoms with Crippen molar-refractivity contribution in [1.82, 2.24) is 29.8 Å². The summed E-state index contributed by atoms with van der Waals surface area (Å²) in [6, 6.07) is 7.33. The van der Waals surface area contributed by atoms with Gasteiger partial charge < -0.3 is 9.42 Å². The van der Waals surface area contributed by atoms with E-state index >= 15 is 0 Å². The molecule has 140 valence electrons. The molecule has 9 heteroatoms. The van der Waals surface area contributed by atoms with Crippen molar-refractivity contribution in [3.8, 4) is 11.4 Å². The molecule has 0 unspecified atom stereocenters. The van der Waals surface area contributed by atoms with Crippen molar-refractivity contribution in [1.29, 1.82) is 0 Å². The van der Waals surface area contributed by atoms with E-state index < -0.39 is 0 Å². The van der Waals surface area contributed by atoms with Crippen LogP contribution in [0.3, 0.4) is 0 Å². The van der Waals surface area contributed by atoms with E-state index in [1.165, 1.54) is 6.33 Å². The van der Waals surface area contributed by atoms with Gasteiger partial charge in [-0.3, -0.25) is 9.48 Å². The molecule has 0 atom stereocenters. The molecule has 0 radical (unpaired) electrons. The van der Waals surface area contributed by atoms with Crippen molar-refractivity contribution < 1.29 is 9.32 Å². The molecule has 1 aliphatic heterocycles. The van der Waals surface area contributed by atoms with E-state index in [9.17, 15) is 4.79 Å². The van der Waals surface area contributed by atoms with E-state index in [2.05, 4.69) is 20.2 Å². The summed E-state index contributed by atoms with van der Waals surface area (Å²) >= 11 is 5.91. The number of aryl methyl sites for hydroxylation is 1. The standard InChI is InChI=1S/C18H19ClN6O2/c1-24-15(20-11-21-24)10-16(26)25-8-6-13(7-9-25)18-22-17(23-27-18)12-2-4-14(19)5-3-12/h2-5,11,13H,6-10H2,1H3. The van der Waals surface area contributed by atoms with Crippen LogP contribution in [0.4, 0.5) is 0 Å². The van der Waals surface area contributed by atoms with Crippen LogP contribution >= 0.6 is 11.6 Å². The van der Waals surface area contributed by atoms with Crippen molar-refractivity contribution >= 4 is 17.5 Å². The third kappa shape index (κ3) is 3.85. The van der Waals surface area contributed by atoms with E-state index in [4.69, 9.17) is 16.1 Å². The molecule has 1 saturated heterocycles. The Labute approximate surface area is 161 Å². The molecule has 1 amide bonds. The molecule has 4 rings (SSSR count). The molecule has 1 aromatic carbocycles. The highest BCUT2D eigenvalue weighted by Gasteiger charge is 2.28. The lowest BCUT2D eigenvalue weighted by molar-refractivity contribution is -0.131. The zero-order valence-corrected chi connectivity index (χ0v) is 15.6. The Kier molecular flexibility index (Phi) is 4.89. The SMILES string of the molecule is Cn1ncnc1CC(=O)N1CCC(c2nc(-c3ccc(Cl)cc3)no2)CC1. The average molecular weight is 387 g/mol. The van der Waals surface area contributed by atoms with Gasteiger partial charge in [-0.25, -0.2) is 4.98 Å². The Morgan fingerprint density at radius 2 is 2.00 bits per heavy atom. The highest BCUT2D eigenvalue weighted by atomic mass is 35.5. The van der Waals surface area contributed by atoms with Crippen LogP contribution in [-0.2, 0) is 18.3 Å². The smallest absolute Gasteiger partial charge is 0.230 e. The number of nitrogens with zero attached hydrogens (tertiary/aromatic N) is 6. The first-order chi connectivity index (χ1) is 13.1. The van der Waals surface area contributed by atoms with Gasteiger partial charge in [-0.1, -0.05) is 16.8 Å². The van der Waals surface area contributed by atoms with Gasteiger partial charge in [-0.05, 0) is 37.1 Å². The molecule has 0 aliphatic carbocycles. The molecule has 3 aromatic rings. The molecule has 0 N–H and O–H groups in total. The van der Waals surface area contributed by atoms with Gasteiger partial charge in [0, 0.05) is 36.6 Å². The summed E-state index contributed by atoms with van der Waals surface area (Å²) in [7, 11) is 1.79.